The fraction of sp³-hybridized carbons (Fsp3) is 0.111. The van der Waals surface area contributed by atoms with Crippen LogP contribution in [0.3, 0.4) is 0 Å². The number of fused-ring (bicyclic) bond motifs is 8. The molecule has 60 heavy (non-hydrogen) atoms. The van der Waals surface area contributed by atoms with E-state index in [2.05, 4.69) is 153 Å². The third kappa shape index (κ3) is 4.96. The first kappa shape index (κ1) is 36.2. The summed E-state index contributed by atoms with van der Waals surface area (Å²) in [6, 6.07) is 58.4. The Labute approximate surface area is 349 Å². The maximum absolute atomic E-state index is 10.5. The molecule has 6 heteroatoms. The Morgan fingerprint density at radius 3 is 1.65 bits per heavy atom. The molecule has 0 radical (unpaired) electrons. The molecule has 2 aliphatic rings. The summed E-state index contributed by atoms with van der Waals surface area (Å²) in [5.74, 6) is 0. The number of hydrogen-bond donors (Lipinski definition) is 0. The molecule has 0 amide bonds. The molecule has 2 heterocycles. The zero-order chi connectivity index (χ0) is 41.5. The van der Waals surface area contributed by atoms with Gasteiger partial charge in [-0.3, -0.25) is 0 Å². The Morgan fingerprint density at radius 2 is 0.967 bits per heavy atom. The van der Waals surface area contributed by atoms with Gasteiger partial charge in [0.1, 0.15) is 24.3 Å². The lowest BCUT2D eigenvalue weighted by molar-refractivity contribution is 0.633. The topological polar surface area (TPSA) is 102 Å². The average molecular weight is 769 g/mol. The van der Waals surface area contributed by atoms with Crippen LogP contribution in [0.4, 0.5) is 34.1 Å². The van der Waals surface area contributed by atoms with Crippen molar-refractivity contribution in [3.8, 4) is 35.4 Å². The Kier molecular flexibility index (Phi) is 7.96. The van der Waals surface area contributed by atoms with Gasteiger partial charge < -0.3 is 9.80 Å². The van der Waals surface area contributed by atoms with Crippen molar-refractivity contribution in [2.45, 2.75) is 38.5 Å². The Hall–Kier alpha value is -8.16. The van der Waals surface area contributed by atoms with Crippen molar-refractivity contribution in [2.75, 3.05) is 9.80 Å². The van der Waals surface area contributed by atoms with E-state index in [1.807, 2.05) is 18.2 Å². The highest BCUT2D eigenvalue weighted by Crippen LogP contribution is 2.58. The molecule has 8 aromatic rings. The standard InChI is InChI=1S/C54H36N6/c1-53(2)43-20-7-8-21-46(43)60(51-37(31-57)15-10-16-38(51)32-58)52-42-19-11-18-39(41(42)24-26-45(52)53)34-22-25-44-48(28-34)59(50-35(29-55)13-9-14-36(50)30-56)47-27-23-33-12-5-6-17-40(33)49(47)54(44,3)4/h5-28H,1-4H3. The number of para-hydroxylation sites is 3. The first-order valence-corrected chi connectivity index (χ1v) is 19.9. The monoisotopic (exact) mass is 768 g/mol. The van der Waals surface area contributed by atoms with Gasteiger partial charge in [-0.2, -0.15) is 21.0 Å². The summed E-state index contributed by atoms with van der Waals surface area (Å²) in [7, 11) is 0. The Bertz CT molecular complexity index is 3280. The molecule has 0 N–H and O–H groups in total. The molecule has 10 rings (SSSR count). The number of rotatable bonds is 3. The zero-order valence-corrected chi connectivity index (χ0v) is 33.5. The van der Waals surface area contributed by atoms with Crippen molar-refractivity contribution in [3.63, 3.8) is 0 Å². The summed E-state index contributed by atoms with van der Waals surface area (Å²) in [6.45, 7) is 8.97. The predicted molar refractivity (Wildman–Crippen MR) is 239 cm³/mol. The maximum Gasteiger partial charge on any atom is 0.101 e. The van der Waals surface area contributed by atoms with Crippen LogP contribution < -0.4 is 9.80 Å². The van der Waals surface area contributed by atoms with E-state index in [0.29, 0.717) is 33.6 Å². The van der Waals surface area contributed by atoms with Crippen LogP contribution in [0, 0.1) is 45.3 Å². The minimum absolute atomic E-state index is 0.400. The van der Waals surface area contributed by atoms with E-state index in [1.54, 1.807) is 36.4 Å². The Morgan fingerprint density at radius 1 is 0.400 bits per heavy atom. The average Bonchev–Trinajstić information content (AvgIpc) is 3.28. The van der Waals surface area contributed by atoms with E-state index in [9.17, 15) is 21.0 Å². The van der Waals surface area contributed by atoms with E-state index in [1.165, 1.54) is 0 Å². The highest BCUT2D eigenvalue weighted by molar-refractivity contribution is 6.10. The predicted octanol–water partition coefficient (Wildman–Crippen LogP) is 13.4. The quantitative estimate of drug-likeness (QED) is 0.177. The molecule has 0 bridgehead atoms. The van der Waals surface area contributed by atoms with E-state index in [4.69, 9.17) is 0 Å². The van der Waals surface area contributed by atoms with Crippen LogP contribution in [-0.4, -0.2) is 0 Å². The van der Waals surface area contributed by atoms with Crippen molar-refractivity contribution in [1.29, 1.82) is 21.0 Å². The van der Waals surface area contributed by atoms with Crippen LogP contribution >= 0.6 is 0 Å². The van der Waals surface area contributed by atoms with Gasteiger partial charge >= 0.3 is 0 Å². The number of hydrogen-bond acceptors (Lipinski definition) is 6. The summed E-state index contributed by atoms with van der Waals surface area (Å²) in [6.07, 6.45) is 0. The number of nitriles is 4. The van der Waals surface area contributed by atoms with Gasteiger partial charge in [0.25, 0.3) is 0 Å². The minimum atomic E-state index is -0.446. The fourth-order valence-electron chi connectivity index (χ4n) is 9.98. The summed E-state index contributed by atoms with van der Waals surface area (Å²) in [5, 5.41) is 46.2. The fourth-order valence-corrected chi connectivity index (χ4v) is 9.98. The second kappa shape index (κ2) is 13.2. The van der Waals surface area contributed by atoms with Crippen molar-refractivity contribution in [2.24, 2.45) is 0 Å². The first-order valence-electron chi connectivity index (χ1n) is 19.9. The highest BCUT2D eigenvalue weighted by Gasteiger charge is 2.41. The molecule has 0 aromatic heterocycles. The minimum Gasteiger partial charge on any atom is -0.307 e. The largest absolute Gasteiger partial charge is 0.307 e. The van der Waals surface area contributed by atoms with Crippen LogP contribution in [0.2, 0.25) is 0 Å². The molecule has 2 aliphatic heterocycles. The van der Waals surface area contributed by atoms with Crippen molar-refractivity contribution < 1.29 is 0 Å². The molecule has 0 fully saturated rings. The summed E-state index contributed by atoms with van der Waals surface area (Å²) in [4.78, 5) is 4.25. The van der Waals surface area contributed by atoms with Crippen LogP contribution in [0.1, 0.15) is 72.2 Å². The van der Waals surface area contributed by atoms with Crippen LogP contribution in [0.5, 0.6) is 0 Å². The second-order valence-electron chi connectivity index (χ2n) is 16.6. The molecule has 0 saturated carbocycles. The molecule has 0 aliphatic carbocycles. The molecule has 8 aromatic carbocycles. The Balaban J connectivity index is 1.26. The lowest BCUT2D eigenvalue weighted by Gasteiger charge is -2.43. The van der Waals surface area contributed by atoms with E-state index >= 15 is 0 Å². The van der Waals surface area contributed by atoms with Gasteiger partial charge in [-0.1, -0.05) is 131 Å². The third-order valence-corrected chi connectivity index (χ3v) is 12.7. The third-order valence-electron chi connectivity index (χ3n) is 12.7. The van der Waals surface area contributed by atoms with Gasteiger partial charge in [-0.15, -0.1) is 0 Å². The molecule has 0 unspecified atom stereocenters. The summed E-state index contributed by atoms with van der Waals surface area (Å²) < 4.78 is 0. The van der Waals surface area contributed by atoms with Gasteiger partial charge in [-0.25, -0.2) is 0 Å². The molecule has 282 valence electrons. The first-order chi connectivity index (χ1) is 29.1. The molecule has 0 spiro atoms. The van der Waals surface area contributed by atoms with Crippen molar-refractivity contribution in [3.05, 3.63) is 190 Å². The van der Waals surface area contributed by atoms with Gasteiger partial charge in [-0.05, 0) is 92.0 Å². The molecular formula is C54H36N6. The zero-order valence-electron chi connectivity index (χ0n) is 33.5. The highest BCUT2D eigenvalue weighted by atomic mass is 15.2. The van der Waals surface area contributed by atoms with Crippen molar-refractivity contribution in [1.82, 2.24) is 0 Å². The maximum atomic E-state index is 10.5. The van der Waals surface area contributed by atoms with Crippen LogP contribution in [0.15, 0.2) is 146 Å². The molecule has 0 atom stereocenters. The van der Waals surface area contributed by atoms with E-state index < -0.39 is 10.8 Å². The summed E-state index contributed by atoms with van der Waals surface area (Å²) in [5.41, 5.74) is 12.0. The number of anilines is 6. The molecular weight excluding hydrogens is 733 g/mol. The van der Waals surface area contributed by atoms with Crippen molar-refractivity contribution >= 4 is 55.7 Å². The van der Waals surface area contributed by atoms with Crippen LogP contribution in [0.25, 0.3) is 32.7 Å². The SMILES string of the molecule is CC1(C)c2ccccc2N(c2c(C#N)cccc2C#N)c2c1ccc1c(-c3ccc4c(c3)N(c3c(C#N)cccc3C#N)c3ccc5ccccc5c3C4(C)C)cccc21. The molecule has 6 nitrogen and oxygen atoms in total. The lowest BCUT2D eigenvalue weighted by atomic mass is 9.71. The van der Waals surface area contributed by atoms with Gasteiger partial charge in [0.15, 0.2) is 0 Å². The van der Waals surface area contributed by atoms with Gasteiger partial charge in [0.05, 0.1) is 56.4 Å². The second-order valence-corrected chi connectivity index (χ2v) is 16.6. The van der Waals surface area contributed by atoms with Gasteiger partial charge in [0.2, 0.25) is 0 Å². The number of benzene rings is 8. The summed E-state index contributed by atoms with van der Waals surface area (Å²) >= 11 is 0. The normalized spacial score (nSPS) is 14.1. The smallest absolute Gasteiger partial charge is 0.101 e. The number of nitrogens with zero attached hydrogens (tertiary/aromatic N) is 6. The van der Waals surface area contributed by atoms with E-state index in [0.717, 1.165) is 77.7 Å². The van der Waals surface area contributed by atoms with E-state index in [-0.39, 0.29) is 0 Å². The van der Waals surface area contributed by atoms with Crippen LogP contribution in [-0.2, 0) is 10.8 Å². The molecule has 0 saturated heterocycles. The van der Waals surface area contributed by atoms with Gasteiger partial charge in [0, 0.05) is 16.2 Å². The lowest BCUT2D eigenvalue weighted by Crippen LogP contribution is -2.31.